The van der Waals surface area contributed by atoms with Crippen molar-refractivity contribution >= 4 is 23.5 Å². The van der Waals surface area contributed by atoms with E-state index in [0.29, 0.717) is 6.42 Å². The second-order valence-corrected chi connectivity index (χ2v) is 7.82. The van der Waals surface area contributed by atoms with E-state index in [1.165, 1.54) is 11.1 Å². The van der Waals surface area contributed by atoms with Crippen molar-refractivity contribution in [2.45, 2.75) is 57.4 Å². The van der Waals surface area contributed by atoms with Crippen LogP contribution in [-0.4, -0.2) is 34.8 Å². The average Bonchev–Trinajstić information content (AvgIpc) is 3.16. The number of fused-ring (bicyclic) bond motifs is 1. The van der Waals surface area contributed by atoms with Gasteiger partial charge >= 0.3 is 6.03 Å². The Bertz CT molecular complexity index is 776. The van der Waals surface area contributed by atoms with Gasteiger partial charge in [-0.1, -0.05) is 25.8 Å². The van der Waals surface area contributed by atoms with Crippen molar-refractivity contribution in [2.75, 3.05) is 11.9 Å². The summed E-state index contributed by atoms with van der Waals surface area (Å²) in [5, 5.41) is 5.71. The van der Waals surface area contributed by atoms with E-state index < -0.39 is 11.6 Å². The predicted molar refractivity (Wildman–Crippen MR) is 97.7 cm³/mol. The van der Waals surface area contributed by atoms with Gasteiger partial charge in [0.05, 0.1) is 0 Å². The zero-order valence-corrected chi connectivity index (χ0v) is 15.1. The summed E-state index contributed by atoms with van der Waals surface area (Å²) in [6, 6.07) is 5.48. The zero-order valence-electron chi connectivity index (χ0n) is 15.1. The molecule has 2 unspecified atom stereocenters. The summed E-state index contributed by atoms with van der Waals surface area (Å²) in [6.07, 6.45) is 6.84. The Morgan fingerprint density at radius 1 is 1.23 bits per heavy atom. The Hall–Kier alpha value is -2.37. The summed E-state index contributed by atoms with van der Waals surface area (Å²) < 4.78 is 0. The van der Waals surface area contributed by atoms with E-state index in [-0.39, 0.29) is 24.3 Å². The van der Waals surface area contributed by atoms with Crippen LogP contribution < -0.4 is 10.6 Å². The highest BCUT2D eigenvalue weighted by Crippen LogP contribution is 2.38. The van der Waals surface area contributed by atoms with Gasteiger partial charge in [-0.15, -0.1) is 0 Å². The number of hydrogen-bond donors (Lipinski definition) is 2. The molecule has 2 N–H and O–H groups in total. The molecule has 1 aromatic carbocycles. The Balaban J connectivity index is 1.44. The molecular formula is C20H25N3O3. The molecule has 1 saturated heterocycles. The molecule has 0 bridgehead atoms. The summed E-state index contributed by atoms with van der Waals surface area (Å²) >= 11 is 0. The van der Waals surface area contributed by atoms with Crippen molar-refractivity contribution in [1.29, 1.82) is 0 Å². The largest absolute Gasteiger partial charge is 0.325 e. The Kier molecular flexibility index (Phi) is 4.21. The van der Waals surface area contributed by atoms with Crippen LogP contribution in [0.4, 0.5) is 10.5 Å². The molecule has 4 rings (SSSR count). The lowest BCUT2D eigenvalue weighted by Gasteiger charge is -2.36. The first-order valence-corrected chi connectivity index (χ1v) is 9.55. The standard InChI is InChI=1S/C20H25N3O3/c1-13-5-2-3-10-20(13)18(25)23(19(26)22-20)12-17(24)21-16-9-8-14-6-4-7-15(14)11-16/h8-9,11,13H,2-7,10,12H2,1H3,(H,21,24)(H,22,26). The van der Waals surface area contributed by atoms with Gasteiger partial charge in [0.15, 0.2) is 0 Å². The van der Waals surface area contributed by atoms with Crippen LogP contribution in [0.25, 0.3) is 0 Å². The third kappa shape index (κ3) is 2.77. The van der Waals surface area contributed by atoms with E-state index in [2.05, 4.69) is 10.6 Å². The molecule has 1 aliphatic heterocycles. The minimum absolute atomic E-state index is 0.0949. The number of imide groups is 1. The van der Waals surface area contributed by atoms with Crippen LogP contribution in [0, 0.1) is 5.92 Å². The molecule has 4 amide bonds. The second-order valence-electron chi connectivity index (χ2n) is 7.82. The maximum absolute atomic E-state index is 12.9. The van der Waals surface area contributed by atoms with Gasteiger partial charge in [-0.3, -0.25) is 14.5 Å². The van der Waals surface area contributed by atoms with Gasteiger partial charge in [0.25, 0.3) is 5.91 Å². The molecule has 2 fully saturated rings. The van der Waals surface area contributed by atoms with Gasteiger partial charge in [-0.2, -0.15) is 0 Å². The van der Waals surface area contributed by atoms with E-state index in [1.54, 1.807) is 0 Å². The highest BCUT2D eigenvalue weighted by atomic mass is 16.2. The summed E-state index contributed by atoms with van der Waals surface area (Å²) in [6.45, 7) is 1.77. The molecule has 1 saturated carbocycles. The van der Waals surface area contributed by atoms with Crippen LogP contribution in [-0.2, 0) is 22.4 Å². The number of nitrogens with one attached hydrogen (secondary N) is 2. The van der Waals surface area contributed by atoms with Crippen LogP contribution in [0.3, 0.4) is 0 Å². The zero-order chi connectivity index (χ0) is 18.3. The van der Waals surface area contributed by atoms with Crippen molar-refractivity contribution < 1.29 is 14.4 Å². The Labute approximate surface area is 153 Å². The average molecular weight is 355 g/mol. The Morgan fingerprint density at radius 2 is 2.04 bits per heavy atom. The molecule has 2 aliphatic carbocycles. The summed E-state index contributed by atoms with van der Waals surface area (Å²) in [4.78, 5) is 38.8. The summed E-state index contributed by atoms with van der Waals surface area (Å²) in [5.74, 6) is -0.497. The third-order valence-corrected chi connectivity index (χ3v) is 6.19. The lowest BCUT2D eigenvalue weighted by molar-refractivity contribution is -0.136. The fourth-order valence-electron chi connectivity index (χ4n) is 4.63. The number of anilines is 1. The first kappa shape index (κ1) is 17.1. The van der Waals surface area contributed by atoms with Crippen molar-refractivity contribution in [3.8, 4) is 0 Å². The van der Waals surface area contributed by atoms with Crippen LogP contribution in [0.5, 0.6) is 0 Å². The van der Waals surface area contributed by atoms with E-state index in [4.69, 9.17) is 0 Å². The smallest absolute Gasteiger partial charge is 0.325 e. The minimum Gasteiger partial charge on any atom is -0.325 e. The van der Waals surface area contributed by atoms with Gasteiger partial charge in [-0.05, 0) is 61.3 Å². The van der Waals surface area contributed by atoms with Gasteiger partial charge in [0.1, 0.15) is 12.1 Å². The monoisotopic (exact) mass is 355 g/mol. The summed E-state index contributed by atoms with van der Waals surface area (Å²) in [5.41, 5.74) is 2.52. The number of hydrogen-bond acceptors (Lipinski definition) is 3. The second kappa shape index (κ2) is 6.41. The molecule has 0 radical (unpaired) electrons. The summed E-state index contributed by atoms with van der Waals surface area (Å²) in [7, 11) is 0. The first-order chi connectivity index (χ1) is 12.5. The fraction of sp³-hybridized carbons (Fsp3) is 0.550. The predicted octanol–water partition coefficient (Wildman–Crippen LogP) is 2.61. The first-order valence-electron chi connectivity index (χ1n) is 9.55. The SMILES string of the molecule is CC1CCCCC12NC(=O)N(CC(=O)Nc1ccc3c(c1)CCC3)C2=O. The highest BCUT2D eigenvalue weighted by molar-refractivity contribution is 6.10. The molecule has 0 aromatic heterocycles. The van der Waals surface area contributed by atoms with Crippen molar-refractivity contribution in [3.63, 3.8) is 0 Å². The lowest BCUT2D eigenvalue weighted by atomic mass is 9.73. The molecule has 138 valence electrons. The molecular weight excluding hydrogens is 330 g/mol. The van der Waals surface area contributed by atoms with Crippen LogP contribution in [0.15, 0.2) is 18.2 Å². The number of amides is 4. The van der Waals surface area contributed by atoms with Crippen molar-refractivity contribution in [3.05, 3.63) is 29.3 Å². The van der Waals surface area contributed by atoms with E-state index >= 15 is 0 Å². The molecule has 1 heterocycles. The van der Waals surface area contributed by atoms with Gasteiger partial charge < -0.3 is 10.6 Å². The normalized spacial score (nSPS) is 27.6. The number of aryl methyl sites for hydroxylation is 2. The van der Waals surface area contributed by atoms with Crippen molar-refractivity contribution in [2.24, 2.45) is 5.92 Å². The highest BCUT2D eigenvalue weighted by Gasteiger charge is 2.55. The lowest BCUT2D eigenvalue weighted by Crippen LogP contribution is -2.54. The maximum Gasteiger partial charge on any atom is 0.325 e. The van der Waals surface area contributed by atoms with E-state index in [1.807, 2.05) is 25.1 Å². The number of carbonyl (C=O) groups excluding carboxylic acids is 3. The fourth-order valence-corrected chi connectivity index (χ4v) is 4.63. The number of urea groups is 1. The van der Waals surface area contributed by atoms with E-state index in [9.17, 15) is 14.4 Å². The van der Waals surface area contributed by atoms with Crippen LogP contribution >= 0.6 is 0 Å². The van der Waals surface area contributed by atoms with Gasteiger partial charge in [-0.25, -0.2) is 4.79 Å². The van der Waals surface area contributed by atoms with Gasteiger partial charge in [0.2, 0.25) is 5.91 Å². The number of nitrogens with zero attached hydrogens (tertiary/aromatic N) is 1. The van der Waals surface area contributed by atoms with Crippen LogP contribution in [0.1, 0.15) is 50.2 Å². The molecule has 6 heteroatoms. The van der Waals surface area contributed by atoms with Gasteiger partial charge in [0, 0.05) is 5.69 Å². The number of rotatable bonds is 3. The molecule has 26 heavy (non-hydrogen) atoms. The molecule has 6 nitrogen and oxygen atoms in total. The number of carbonyl (C=O) groups is 3. The molecule has 1 spiro atoms. The van der Waals surface area contributed by atoms with Crippen LogP contribution in [0.2, 0.25) is 0 Å². The van der Waals surface area contributed by atoms with E-state index in [0.717, 1.165) is 49.1 Å². The molecule has 2 atom stereocenters. The third-order valence-electron chi connectivity index (χ3n) is 6.19. The maximum atomic E-state index is 12.9. The number of benzene rings is 1. The van der Waals surface area contributed by atoms with Crippen molar-refractivity contribution in [1.82, 2.24) is 10.2 Å². The topological polar surface area (TPSA) is 78.5 Å². The molecule has 1 aromatic rings. The molecule has 3 aliphatic rings. The Morgan fingerprint density at radius 3 is 2.85 bits per heavy atom. The minimum atomic E-state index is -0.816. The quantitative estimate of drug-likeness (QED) is 0.818.